The molecule has 0 bridgehead atoms. The molecule has 1 aromatic carbocycles. The monoisotopic (exact) mass is 232 g/mol. The number of likely N-dealkylation sites (N-methyl/N-ethyl adjacent to an activating group) is 1. The van der Waals surface area contributed by atoms with E-state index in [9.17, 15) is 4.79 Å². The molecule has 0 saturated carbocycles. The summed E-state index contributed by atoms with van der Waals surface area (Å²) in [5, 5.41) is 11.2. The molecule has 3 N–H and O–H groups in total. The smallest absolute Gasteiger partial charge is 0.238 e. The van der Waals surface area contributed by atoms with E-state index in [1.165, 1.54) is 0 Å². The van der Waals surface area contributed by atoms with E-state index in [0.717, 1.165) is 0 Å². The predicted molar refractivity (Wildman–Crippen MR) is 67.2 cm³/mol. The quantitative estimate of drug-likeness (QED) is 0.743. The van der Waals surface area contributed by atoms with Gasteiger partial charge in [0.25, 0.3) is 0 Å². The number of nitrogens with one attached hydrogen (secondary N) is 1. The van der Waals surface area contributed by atoms with Crippen molar-refractivity contribution in [3.63, 3.8) is 0 Å². The lowest BCUT2D eigenvalue weighted by Crippen LogP contribution is -2.30. The maximum Gasteiger partial charge on any atom is 0.238 e. The lowest BCUT2D eigenvalue weighted by molar-refractivity contribution is -0.117. The molecule has 0 unspecified atom stereocenters. The molecule has 0 atom stereocenters. The third-order valence-corrected chi connectivity index (χ3v) is 2.19. The normalized spacial score (nSPS) is 9.94. The molecule has 17 heavy (non-hydrogen) atoms. The van der Waals surface area contributed by atoms with Gasteiger partial charge in [-0.15, -0.1) is 0 Å². The fourth-order valence-corrected chi connectivity index (χ4v) is 1.38. The molecule has 90 valence electrons. The number of carbonyl (C=O) groups excluding carboxylic acids is 1. The fourth-order valence-electron chi connectivity index (χ4n) is 1.38. The minimum Gasteiger partial charge on any atom is -0.399 e. The molecule has 0 radical (unpaired) electrons. The first-order chi connectivity index (χ1) is 8.11. The average Bonchev–Trinajstić information content (AvgIpc) is 2.26. The molecule has 0 heterocycles. The van der Waals surface area contributed by atoms with Crippen LogP contribution in [0.4, 0.5) is 11.4 Å². The summed E-state index contributed by atoms with van der Waals surface area (Å²) >= 11 is 0. The van der Waals surface area contributed by atoms with Crippen molar-refractivity contribution in [2.75, 3.05) is 31.2 Å². The molecule has 0 spiro atoms. The highest BCUT2D eigenvalue weighted by Crippen LogP contribution is 2.11. The predicted octanol–water partition coefficient (Wildman–Crippen LogP) is 1.05. The summed E-state index contributed by atoms with van der Waals surface area (Å²) in [5.41, 5.74) is 6.90. The van der Waals surface area contributed by atoms with Gasteiger partial charge in [-0.1, -0.05) is 6.07 Å². The molecule has 0 aliphatic carbocycles. The number of amides is 1. The number of nitrogen functional groups attached to an aromatic ring is 1. The van der Waals surface area contributed by atoms with E-state index in [1.54, 1.807) is 36.2 Å². The zero-order chi connectivity index (χ0) is 12.7. The maximum absolute atomic E-state index is 11.6. The Balaban J connectivity index is 2.42. The maximum atomic E-state index is 11.6. The number of rotatable bonds is 5. The first-order valence-corrected chi connectivity index (χ1v) is 5.32. The Morgan fingerprint density at radius 3 is 3.00 bits per heavy atom. The van der Waals surface area contributed by atoms with Crippen molar-refractivity contribution in [1.82, 2.24) is 4.90 Å². The highest BCUT2D eigenvalue weighted by molar-refractivity contribution is 5.92. The molecular weight excluding hydrogens is 216 g/mol. The van der Waals surface area contributed by atoms with E-state index in [0.29, 0.717) is 24.3 Å². The van der Waals surface area contributed by atoms with Crippen LogP contribution in [0.25, 0.3) is 0 Å². The number of benzene rings is 1. The van der Waals surface area contributed by atoms with E-state index in [-0.39, 0.29) is 12.5 Å². The molecule has 1 aromatic rings. The van der Waals surface area contributed by atoms with Crippen molar-refractivity contribution in [3.8, 4) is 6.07 Å². The molecular formula is C12H16N4O. The molecule has 0 aromatic heterocycles. The van der Waals surface area contributed by atoms with Gasteiger partial charge in [-0.2, -0.15) is 5.26 Å². The van der Waals surface area contributed by atoms with Gasteiger partial charge in [0.1, 0.15) is 0 Å². The van der Waals surface area contributed by atoms with Gasteiger partial charge in [-0.3, -0.25) is 9.69 Å². The highest BCUT2D eigenvalue weighted by Gasteiger charge is 2.06. The Morgan fingerprint density at radius 1 is 1.59 bits per heavy atom. The van der Waals surface area contributed by atoms with E-state index >= 15 is 0 Å². The van der Waals surface area contributed by atoms with Crippen molar-refractivity contribution in [3.05, 3.63) is 24.3 Å². The van der Waals surface area contributed by atoms with E-state index in [4.69, 9.17) is 11.0 Å². The second kappa shape index (κ2) is 6.51. The second-order valence-electron chi connectivity index (χ2n) is 3.82. The third-order valence-electron chi connectivity index (χ3n) is 2.19. The third kappa shape index (κ3) is 5.00. The van der Waals surface area contributed by atoms with Crippen LogP contribution in [0, 0.1) is 11.3 Å². The average molecular weight is 232 g/mol. The first-order valence-electron chi connectivity index (χ1n) is 5.32. The van der Waals surface area contributed by atoms with Crippen molar-refractivity contribution in [1.29, 1.82) is 5.26 Å². The van der Waals surface area contributed by atoms with Gasteiger partial charge in [0.15, 0.2) is 0 Å². The van der Waals surface area contributed by atoms with Gasteiger partial charge in [0.2, 0.25) is 5.91 Å². The summed E-state index contributed by atoms with van der Waals surface area (Å²) in [6, 6.07) is 9.06. The number of carbonyl (C=O) groups is 1. The summed E-state index contributed by atoms with van der Waals surface area (Å²) in [6.07, 6.45) is 0.419. The standard InChI is InChI=1S/C12H16N4O/c1-16(7-3-6-13)9-12(17)15-11-5-2-4-10(14)8-11/h2,4-5,8H,3,7,9,14H2,1H3,(H,15,17). The number of nitrogens with zero attached hydrogens (tertiary/aromatic N) is 2. The molecule has 0 saturated heterocycles. The molecule has 0 aliphatic heterocycles. The van der Waals surface area contributed by atoms with Gasteiger partial charge in [-0.05, 0) is 25.2 Å². The van der Waals surface area contributed by atoms with Crippen LogP contribution in [0.1, 0.15) is 6.42 Å². The Bertz CT molecular complexity index is 425. The molecule has 0 fully saturated rings. The Hall–Kier alpha value is -2.06. The van der Waals surface area contributed by atoms with E-state index < -0.39 is 0 Å². The van der Waals surface area contributed by atoms with Crippen LogP contribution in [0.3, 0.4) is 0 Å². The topological polar surface area (TPSA) is 82.2 Å². The van der Waals surface area contributed by atoms with Crippen LogP contribution in [0.2, 0.25) is 0 Å². The Morgan fingerprint density at radius 2 is 2.35 bits per heavy atom. The summed E-state index contributed by atoms with van der Waals surface area (Å²) in [5.74, 6) is -0.115. The SMILES string of the molecule is CN(CCC#N)CC(=O)Nc1cccc(N)c1. The molecule has 1 amide bonds. The van der Waals surface area contributed by atoms with Gasteiger partial charge in [0, 0.05) is 24.3 Å². The van der Waals surface area contributed by atoms with Gasteiger partial charge in [0.05, 0.1) is 12.6 Å². The van der Waals surface area contributed by atoms with Crippen LogP contribution in [-0.4, -0.2) is 30.9 Å². The molecule has 5 heteroatoms. The summed E-state index contributed by atoms with van der Waals surface area (Å²) in [4.78, 5) is 13.4. The summed E-state index contributed by atoms with van der Waals surface area (Å²) < 4.78 is 0. The minimum atomic E-state index is -0.115. The van der Waals surface area contributed by atoms with Crippen molar-refractivity contribution in [2.45, 2.75) is 6.42 Å². The lowest BCUT2D eigenvalue weighted by Gasteiger charge is -2.14. The summed E-state index contributed by atoms with van der Waals surface area (Å²) in [7, 11) is 1.80. The molecule has 0 aliphatic rings. The number of nitrogens with two attached hydrogens (primary N) is 1. The lowest BCUT2D eigenvalue weighted by atomic mass is 10.3. The first kappa shape index (κ1) is 13.0. The Kier molecular flexibility index (Phi) is 4.98. The second-order valence-corrected chi connectivity index (χ2v) is 3.82. The van der Waals surface area contributed by atoms with Crippen LogP contribution >= 0.6 is 0 Å². The zero-order valence-corrected chi connectivity index (χ0v) is 9.81. The van der Waals surface area contributed by atoms with Crippen LogP contribution < -0.4 is 11.1 Å². The van der Waals surface area contributed by atoms with Gasteiger partial charge >= 0.3 is 0 Å². The summed E-state index contributed by atoms with van der Waals surface area (Å²) in [6.45, 7) is 0.845. The van der Waals surface area contributed by atoms with Gasteiger partial charge in [-0.25, -0.2) is 0 Å². The fraction of sp³-hybridized carbons (Fsp3) is 0.333. The largest absolute Gasteiger partial charge is 0.399 e. The van der Waals surface area contributed by atoms with Crippen LogP contribution in [-0.2, 0) is 4.79 Å². The van der Waals surface area contributed by atoms with E-state index in [2.05, 4.69) is 5.32 Å². The van der Waals surface area contributed by atoms with Crippen molar-refractivity contribution in [2.24, 2.45) is 0 Å². The van der Waals surface area contributed by atoms with Crippen molar-refractivity contribution >= 4 is 17.3 Å². The highest BCUT2D eigenvalue weighted by atomic mass is 16.2. The van der Waals surface area contributed by atoms with Crippen LogP contribution in [0.15, 0.2) is 24.3 Å². The van der Waals surface area contributed by atoms with E-state index in [1.807, 2.05) is 6.07 Å². The van der Waals surface area contributed by atoms with Gasteiger partial charge < -0.3 is 11.1 Å². The number of nitriles is 1. The van der Waals surface area contributed by atoms with Crippen LogP contribution in [0.5, 0.6) is 0 Å². The molecule has 1 rings (SSSR count). The minimum absolute atomic E-state index is 0.115. The Labute approximate surface area is 101 Å². The number of hydrogen-bond donors (Lipinski definition) is 2. The number of anilines is 2. The zero-order valence-electron chi connectivity index (χ0n) is 9.81. The van der Waals surface area contributed by atoms with Crippen molar-refractivity contribution < 1.29 is 4.79 Å². The molecule has 5 nitrogen and oxygen atoms in total. The number of hydrogen-bond acceptors (Lipinski definition) is 4.